The van der Waals surface area contributed by atoms with Gasteiger partial charge in [-0.25, -0.2) is 0 Å². The lowest BCUT2D eigenvalue weighted by Gasteiger charge is -2.03. The summed E-state index contributed by atoms with van der Waals surface area (Å²) >= 11 is 0. The van der Waals surface area contributed by atoms with Crippen LogP contribution in [0.15, 0.2) is 22.7 Å². The molecule has 1 aliphatic rings. The van der Waals surface area contributed by atoms with E-state index in [0.717, 1.165) is 0 Å². The van der Waals surface area contributed by atoms with E-state index < -0.39 is 4.92 Å². The zero-order chi connectivity index (χ0) is 14.8. The van der Waals surface area contributed by atoms with Crippen LogP contribution in [0.25, 0.3) is 11.5 Å². The second kappa shape index (κ2) is 5.49. The molecule has 0 saturated heterocycles. The summed E-state index contributed by atoms with van der Waals surface area (Å²) in [6.07, 6.45) is 2.36. The van der Waals surface area contributed by atoms with Crippen LogP contribution in [0.1, 0.15) is 18.7 Å². The van der Waals surface area contributed by atoms with Gasteiger partial charge in [-0.2, -0.15) is 4.98 Å². The Labute approximate surface area is 120 Å². The van der Waals surface area contributed by atoms with Crippen molar-refractivity contribution < 1.29 is 14.2 Å². The van der Waals surface area contributed by atoms with E-state index in [1.54, 1.807) is 6.07 Å². The maximum atomic E-state index is 10.8. The quantitative estimate of drug-likeness (QED) is 0.640. The van der Waals surface area contributed by atoms with Crippen molar-refractivity contribution in [1.82, 2.24) is 15.5 Å². The molecule has 1 fully saturated rings. The predicted molar refractivity (Wildman–Crippen MR) is 72.8 cm³/mol. The average molecular weight is 290 g/mol. The fraction of sp³-hybridized carbons (Fsp3) is 0.385. The van der Waals surface area contributed by atoms with Crippen LogP contribution in [0.3, 0.4) is 0 Å². The fourth-order valence-corrected chi connectivity index (χ4v) is 1.93. The second-order valence-electron chi connectivity index (χ2n) is 4.81. The minimum absolute atomic E-state index is 0.0502. The van der Waals surface area contributed by atoms with Gasteiger partial charge in [-0.05, 0) is 18.9 Å². The normalized spacial score (nSPS) is 14.1. The molecule has 1 aromatic carbocycles. The number of hydrogen-bond acceptors (Lipinski definition) is 7. The van der Waals surface area contributed by atoms with Gasteiger partial charge in [-0.1, -0.05) is 5.16 Å². The smallest absolute Gasteiger partial charge is 0.273 e. The molecule has 1 N–H and O–H groups in total. The number of nitrogens with zero attached hydrogens (tertiary/aromatic N) is 3. The van der Waals surface area contributed by atoms with Gasteiger partial charge in [-0.15, -0.1) is 0 Å². The highest BCUT2D eigenvalue weighted by molar-refractivity contribution is 5.65. The van der Waals surface area contributed by atoms with Gasteiger partial charge in [0.1, 0.15) is 5.75 Å². The maximum absolute atomic E-state index is 10.8. The summed E-state index contributed by atoms with van der Waals surface area (Å²) in [4.78, 5) is 14.6. The summed E-state index contributed by atoms with van der Waals surface area (Å²) in [5.41, 5.74) is 0.485. The lowest BCUT2D eigenvalue weighted by atomic mass is 10.2. The summed E-state index contributed by atoms with van der Waals surface area (Å²) in [6, 6.07) is 4.81. The van der Waals surface area contributed by atoms with Gasteiger partial charge < -0.3 is 14.6 Å². The van der Waals surface area contributed by atoms with Gasteiger partial charge in [0.15, 0.2) is 5.82 Å². The highest BCUT2D eigenvalue weighted by Crippen LogP contribution is 2.32. The lowest BCUT2D eigenvalue weighted by Crippen LogP contribution is -2.16. The van der Waals surface area contributed by atoms with E-state index in [1.165, 1.54) is 32.1 Å². The monoisotopic (exact) mass is 290 g/mol. The summed E-state index contributed by atoms with van der Waals surface area (Å²) in [5, 5.41) is 17.9. The molecule has 1 aromatic heterocycles. The van der Waals surface area contributed by atoms with Crippen molar-refractivity contribution in [2.45, 2.75) is 25.4 Å². The molecule has 0 radical (unpaired) electrons. The molecule has 1 aliphatic carbocycles. The van der Waals surface area contributed by atoms with Gasteiger partial charge in [-0.3, -0.25) is 10.1 Å². The largest absolute Gasteiger partial charge is 0.496 e. The van der Waals surface area contributed by atoms with Crippen molar-refractivity contribution in [3.63, 3.8) is 0 Å². The van der Waals surface area contributed by atoms with E-state index in [4.69, 9.17) is 9.26 Å². The highest BCUT2D eigenvalue weighted by Gasteiger charge is 2.22. The Bertz CT molecular complexity index is 666. The molecule has 0 aliphatic heterocycles. The molecule has 0 amide bonds. The Kier molecular flexibility index (Phi) is 3.53. The molecule has 1 saturated carbocycles. The third kappa shape index (κ3) is 3.00. The Hall–Kier alpha value is -2.48. The third-order valence-corrected chi connectivity index (χ3v) is 3.22. The molecular weight excluding hydrogens is 276 g/mol. The van der Waals surface area contributed by atoms with Crippen LogP contribution in [0.4, 0.5) is 5.69 Å². The molecular formula is C13H14N4O4. The van der Waals surface area contributed by atoms with E-state index in [9.17, 15) is 10.1 Å². The Morgan fingerprint density at radius 3 is 3.00 bits per heavy atom. The molecule has 21 heavy (non-hydrogen) atoms. The molecule has 0 atom stereocenters. The highest BCUT2D eigenvalue weighted by atomic mass is 16.6. The molecule has 0 bridgehead atoms. The Morgan fingerprint density at radius 2 is 2.33 bits per heavy atom. The van der Waals surface area contributed by atoms with Crippen molar-refractivity contribution >= 4 is 5.69 Å². The minimum atomic E-state index is -0.481. The number of benzene rings is 1. The predicted octanol–water partition coefficient (Wildman–Crippen LogP) is 1.91. The number of rotatable bonds is 6. The zero-order valence-electron chi connectivity index (χ0n) is 11.4. The van der Waals surface area contributed by atoms with Crippen LogP contribution >= 0.6 is 0 Å². The van der Waals surface area contributed by atoms with Gasteiger partial charge >= 0.3 is 0 Å². The molecule has 2 aromatic rings. The lowest BCUT2D eigenvalue weighted by molar-refractivity contribution is -0.384. The summed E-state index contributed by atoms with van der Waals surface area (Å²) in [5.74, 6) is 1.17. The van der Waals surface area contributed by atoms with Crippen molar-refractivity contribution in [2.75, 3.05) is 7.11 Å². The van der Waals surface area contributed by atoms with Gasteiger partial charge in [0.25, 0.3) is 11.6 Å². The van der Waals surface area contributed by atoms with E-state index in [-0.39, 0.29) is 11.6 Å². The number of ether oxygens (including phenoxy) is 1. The number of nitro benzene ring substituents is 1. The maximum Gasteiger partial charge on any atom is 0.273 e. The van der Waals surface area contributed by atoms with E-state index in [1.807, 2.05) is 0 Å². The van der Waals surface area contributed by atoms with Crippen LogP contribution in [-0.4, -0.2) is 28.2 Å². The number of aromatic nitrogens is 2. The summed E-state index contributed by atoms with van der Waals surface area (Å²) < 4.78 is 10.4. The summed E-state index contributed by atoms with van der Waals surface area (Å²) in [6.45, 7) is 0.545. The number of nitro groups is 1. The van der Waals surface area contributed by atoms with E-state index in [0.29, 0.717) is 29.7 Å². The first-order valence-corrected chi connectivity index (χ1v) is 6.56. The van der Waals surface area contributed by atoms with Gasteiger partial charge in [0, 0.05) is 12.1 Å². The third-order valence-electron chi connectivity index (χ3n) is 3.22. The molecule has 8 nitrogen and oxygen atoms in total. The molecule has 8 heteroatoms. The van der Waals surface area contributed by atoms with Crippen molar-refractivity contribution in [3.8, 4) is 17.2 Å². The van der Waals surface area contributed by atoms with Crippen LogP contribution < -0.4 is 10.1 Å². The SMILES string of the molecule is COc1cc([N+](=O)[O-])ccc1-c1nc(CNC2CC2)no1. The van der Waals surface area contributed by atoms with Crippen molar-refractivity contribution in [3.05, 3.63) is 34.1 Å². The molecule has 110 valence electrons. The first-order valence-electron chi connectivity index (χ1n) is 6.56. The topological polar surface area (TPSA) is 103 Å². The van der Waals surface area contributed by atoms with E-state index >= 15 is 0 Å². The Balaban J connectivity index is 1.83. The van der Waals surface area contributed by atoms with Crippen molar-refractivity contribution in [1.29, 1.82) is 0 Å². The number of non-ortho nitro benzene ring substituents is 1. The Morgan fingerprint density at radius 1 is 1.52 bits per heavy atom. The average Bonchev–Trinajstić information content (AvgIpc) is 3.21. The van der Waals surface area contributed by atoms with Crippen molar-refractivity contribution in [2.24, 2.45) is 0 Å². The standard InChI is InChI=1S/C13H14N4O4/c1-20-11-6-9(17(18)19)4-5-10(11)13-15-12(16-21-13)7-14-8-2-3-8/h4-6,8,14H,2-3,7H2,1H3. The van der Waals surface area contributed by atoms with Gasteiger partial charge in [0.05, 0.1) is 30.2 Å². The fourth-order valence-electron chi connectivity index (χ4n) is 1.93. The zero-order valence-corrected chi connectivity index (χ0v) is 11.4. The van der Waals surface area contributed by atoms with Crippen LogP contribution in [0.5, 0.6) is 5.75 Å². The number of methoxy groups -OCH3 is 1. The summed E-state index contributed by atoms with van der Waals surface area (Å²) in [7, 11) is 1.44. The minimum Gasteiger partial charge on any atom is -0.496 e. The second-order valence-corrected chi connectivity index (χ2v) is 4.81. The van der Waals surface area contributed by atoms with Gasteiger partial charge in [0.2, 0.25) is 0 Å². The number of hydrogen-bond donors (Lipinski definition) is 1. The van der Waals surface area contributed by atoms with Crippen LogP contribution in [0, 0.1) is 10.1 Å². The molecule has 0 spiro atoms. The molecule has 1 heterocycles. The van der Waals surface area contributed by atoms with Crippen LogP contribution in [-0.2, 0) is 6.54 Å². The number of nitrogens with one attached hydrogen (secondary N) is 1. The first-order chi connectivity index (χ1) is 10.2. The first kappa shape index (κ1) is 13.5. The molecule has 3 rings (SSSR count). The van der Waals surface area contributed by atoms with Crippen LogP contribution in [0.2, 0.25) is 0 Å². The van der Waals surface area contributed by atoms with E-state index in [2.05, 4.69) is 15.5 Å². The molecule has 0 unspecified atom stereocenters.